The first kappa shape index (κ1) is 24.2. The Bertz CT molecular complexity index is 1300. The third-order valence-corrected chi connectivity index (χ3v) is 5.95. The molecule has 0 saturated carbocycles. The lowest BCUT2D eigenvalue weighted by molar-refractivity contribution is -0.115. The zero-order chi connectivity index (χ0) is 24.8. The van der Waals surface area contributed by atoms with Gasteiger partial charge in [-0.3, -0.25) is 4.79 Å². The summed E-state index contributed by atoms with van der Waals surface area (Å²) in [5.74, 6) is 0.113. The number of nitrogens with one attached hydrogen (secondary N) is 1. The Hall–Kier alpha value is -3.91. The normalized spacial score (nSPS) is 15.3. The highest BCUT2D eigenvalue weighted by Gasteiger charge is 2.24. The number of benzene rings is 3. The van der Waals surface area contributed by atoms with Gasteiger partial charge >= 0.3 is 0 Å². The van der Waals surface area contributed by atoms with E-state index >= 15 is 0 Å². The van der Waals surface area contributed by atoms with Gasteiger partial charge in [0.25, 0.3) is 5.91 Å². The molecule has 1 heterocycles. The molecular weight excluding hydrogens is 470 g/mol. The minimum absolute atomic E-state index is 0.239. The van der Waals surface area contributed by atoms with E-state index in [9.17, 15) is 13.6 Å². The van der Waals surface area contributed by atoms with Crippen LogP contribution in [-0.2, 0) is 17.8 Å². The second-order valence-corrected chi connectivity index (χ2v) is 8.61. The number of methoxy groups -OCH3 is 1. The molecule has 3 aromatic rings. The van der Waals surface area contributed by atoms with Crippen LogP contribution in [0.2, 0.25) is 0 Å². The minimum Gasteiger partial charge on any atom is -0.493 e. The molecule has 0 spiro atoms. The zero-order valence-corrected chi connectivity index (χ0v) is 19.7. The lowest BCUT2D eigenvalue weighted by atomic mass is 10.0. The van der Waals surface area contributed by atoms with Crippen LogP contribution < -0.4 is 14.8 Å². The van der Waals surface area contributed by atoms with E-state index in [0.29, 0.717) is 33.7 Å². The number of nitrogens with zero attached hydrogens (tertiary/aromatic N) is 1. The van der Waals surface area contributed by atoms with Crippen molar-refractivity contribution in [3.8, 4) is 11.5 Å². The van der Waals surface area contributed by atoms with Gasteiger partial charge in [0.05, 0.1) is 17.7 Å². The predicted octanol–water partition coefficient (Wildman–Crippen LogP) is 6.17. The van der Waals surface area contributed by atoms with Gasteiger partial charge in [0.2, 0.25) is 0 Å². The van der Waals surface area contributed by atoms with Crippen molar-refractivity contribution >= 4 is 34.6 Å². The van der Waals surface area contributed by atoms with Crippen molar-refractivity contribution in [2.75, 3.05) is 7.11 Å². The van der Waals surface area contributed by atoms with Crippen LogP contribution in [0.1, 0.15) is 16.7 Å². The molecule has 1 fully saturated rings. The standard InChI is InChI=1S/C27H22F2N2O3S/c1-3-4-19-13-18(14-23(33-2)25(19)34-16-17-5-7-20(28)8-6-17)15-24-26(32)31-27(35-24)30-22-11-9-21(29)10-12-22/h3,5-15H,1,4,16H2,2H3,(H,30,31,32)/b24-15+. The Morgan fingerprint density at radius 2 is 1.74 bits per heavy atom. The third-order valence-electron chi connectivity index (χ3n) is 5.04. The van der Waals surface area contributed by atoms with E-state index < -0.39 is 0 Å². The number of ether oxygens (including phenoxy) is 2. The van der Waals surface area contributed by atoms with Gasteiger partial charge in [0, 0.05) is 5.56 Å². The van der Waals surface area contributed by atoms with E-state index in [0.717, 1.165) is 16.7 Å². The average molecular weight is 493 g/mol. The quantitative estimate of drug-likeness (QED) is 0.302. The number of allylic oxidation sites excluding steroid dienone is 1. The van der Waals surface area contributed by atoms with E-state index in [1.807, 2.05) is 6.07 Å². The van der Waals surface area contributed by atoms with Crippen LogP contribution in [0, 0.1) is 11.6 Å². The highest BCUT2D eigenvalue weighted by atomic mass is 32.2. The van der Waals surface area contributed by atoms with Crippen LogP contribution in [0.15, 0.2) is 83.2 Å². The van der Waals surface area contributed by atoms with E-state index in [1.165, 1.54) is 48.2 Å². The number of halogens is 2. The van der Waals surface area contributed by atoms with Gasteiger partial charge in [-0.1, -0.05) is 18.2 Å². The predicted molar refractivity (Wildman–Crippen MR) is 135 cm³/mol. The molecule has 1 N–H and O–H groups in total. The highest BCUT2D eigenvalue weighted by Crippen LogP contribution is 2.36. The molecule has 5 nitrogen and oxygen atoms in total. The van der Waals surface area contributed by atoms with Gasteiger partial charge in [-0.05, 0) is 83.9 Å². The van der Waals surface area contributed by atoms with E-state index in [1.54, 1.807) is 37.5 Å². The molecule has 1 saturated heterocycles. The number of hydrogen-bond donors (Lipinski definition) is 1. The maximum atomic E-state index is 13.2. The molecule has 1 aliphatic rings. The van der Waals surface area contributed by atoms with Gasteiger partial charge in [0.15, 0.2) is 16.7 Å². The number of thioether (sulfide) groups is 1. The molecule has 0 bridgehead atoms. The highest BCUT2D eigenvalue weighted by molar-refractivity contribution is 8.18. The number of carbonyl (C=O) groups excluding carboxylic acids is 1. The molecule has 8 heteroatoms. The molecule has 0 atom stereocenters. The Morgan fingerprint density at radius 3 is 2.40 bits per heavy atom. The Labute approximate surface area is 206 Å². The molecule has 1 amide bonds. The van der Waals surface area contributed by atoms with Gasteiger partial charge in [-0.2, -0.15) is 0 Å². The molecule has 3 aromatic carbocycles. The first-order chi connectivity index (χ1) is 16.9. The number of amides is 1. The molecule has 0 radical (unpaired) electrons. The summed E-state index contributed by atoms with van der Waals surface area (Å²) in [6.07, 6.45) is 4.01. The summed E-state index contributed by atoms with van der Waals surface area (Å²) in [6, 6.07) is 15.5. The van der Waals surface area contributed by atoms with Crippen molar-refractivity contribution in [3.63, 3.8) is 0 Å². The molecule has 0 aromatic heterocycles. The molecule has 1 aliphatic heterocycles. The number of amidine groups is 1. The summed E-state index contributed by atoms with van der Waals surface area (Å²) >= 11 is 1.19. The van der Waals surface area contributed by atoms with E-state index in [2.05, 4.69) is 16.9 Å². The average Bonchev–Trinajstić information content (AvgIpc) is 3.19. The Kier molecular flexibility index (Phi) is 7.62. The molecule has 178 valence electrons. The van der Waals surface area contributed by atoms with Crippen LogP contribution in [0.4, 0.5) is 14.5 Å². The number of rotatable bonds is 8. The second-order valence-electron chi connectivity index (χ2n) is 7.58. The van der Waals surface area contributed by atoms with E-state index in [4.69, 9.17) is 9.47 Å². The molecule has 0 unspecified atom stereocenters. The monoisotopic (exact) mass is 492 g/mol. The molecular formula is C27H22F2N2O3S. The van der Waals surface area contributed by atoms with Crippen molar-refractivity contribution in [3.05, 3.63) is 107 Å². The lowest BCUT2D eigenvalue weighted by Gasteiger charge is -2.16. The maximum Gasteiger partial charge on any atom is 0.264 e. The lowest BCUT2D eigenvalue weighted by Crippen LogP contribution is -2.19. The first-order valence-electron chi connectivity index (χ1n) is 10.7. The van der Waals surface area contributed by atoms with Crippen molar-refractivity contribution in [1.82, 2.24) is 5.32 Å². The van der Waals surface area contributed by atoms with Crippen molar-refractivity contribution in [2.24, 2.45) is 4.99 Å². The number of aliphatic imine (C=N–C) groups is 1. The summed E-state index contributed by atoms with van der Waals surface area (Å²) < 4.78 is 37.9. The summed E-state index contributed by atoms with van der Waals surface area (Å²) in [4.78, 5) is 17.3. The minimum atomic E-state index is -0.355. The largest absolute Gasteiger partial charge is 0.493 e. The van der Waals surface area contributed by atoms with Crippen LogP contribution in [0.25, 0.3) is 6.08 Å². The topological polar surface area (TPSA) is 59.9 Å². The van der Waals surface area contributed by atoms with Gasteiger partial charge in [-0.15, -0.1) is 6.58 Å². The second kappa shape index (κ2) is 11.0. The van der Waals surface area contributed by atoms with Crippen molar-refractivity contribution in [2.45, 2.75) is 13.0 Å². The Morgan fingerprint density at radius 1 is 1.06 bits per heavy atom. The van der Waals surface area contributed by atoms with Crippen molar-refractivity contribution in [1.29, 1.82) is 0 Å². The van der Waals surface area contributed by atoms with Gasteiger partial charge in [-0.25, -0.2) is 13.8 Å². The molecule has 4 rings (SSSR count). The van der Waals surface area contributed by atoms with Crippen LogP contribution in [0.3, 0.4) is 0 Å². The van der Waals surface area contributed by atoms with Crippen LogP contribution >= 0.6 is 11.8 Å². The smallest absolute Gasteiger partial charge is 0.264 e. The maximum absolute atomic E-state index is 13.2. The Balaban J connectivity index is 1.58. The molecule has 0 aliphatic carbocycles. The fourth-order valence-electron chi connectivity index (χ4n) is 3.39. The van der Waals surface area contributed by atoms with Gasteiger partial charge in [0.1, 0.15) is 18.2 Å². The van der Waals surface area contributed by atoms with Crippen LogP contribution in [0.5, 0.6) is 11.5 Å². The SMILES string of the molecule is C=CCc1cc(/C=C2/SC(=Nc3ccc(F)cc3)NC2=O)cc(OC)c1OCc1ccc(F)cc1. The fraction of sp³-hybridized carbons (Fsp3) is 0.111. The van der Waals surface area contributed by atoms with Gasteiger partial charge < -0.3 is 14.8 Å². The first-order valence-corrected chi connectivity index (χ1v) is 11.5. The fourth-order valence-corrected chi connectivity index (χ4v) is 4.23. The number of hydrogen-bond acceptors (Lipinski definition) is 5. The van der Waals surface area contributed by atoms with Crippen LogP contribution in [-0.4, -0.2) is 18.2 Å². The van der Waals surface area contributed by atoms with Crippen molar-refractivity contribution < 1.29 is 23.0 Å². The van der Waals surface area contributed by atoms with E-state index in [-0.39, 0.29) is 24.1 Å². The summed E-state index contributed by atoms with van der Waals surface area (Å²) in [7, 11) is 1.54. The summed E-state index contributed by atoms with van der Waals surface area (Å²) in [6.45, 7) is 4.06. The summed E-state index contributed by atoms with van der Waals surface area (Å²) in [5, 5.41) is 3.13. The molecule has 35 heavy (non-hydrogen) atoms. The zero-order valence-electron chi connectivity index (χ0n) is 18.9. The number of carbonyl (C=O) groups is 1. The third kappa shape index (κ3) is 6.16. The summed E-state index contributed by atoms with van der Waals surface area (Å²) in [5.41, 5.74) is 2.93.